The largest absolute Gasteiger partial charge is 0.505 e. The number of aromatic hydroxyl groups is 4. The van der Waals surface area contributed by atoms with E-state index in [-0.39, 0.29) is 136 Å². The smallest absolute Gasteiger partial charge is 0.348 e. The lowest BCUT2D eigenvalue weighted by Crippen LogP contribution is -2.35. The average Bonchev–Trinajstić information content (AvgIpc) is 1.20. The molecule has 0 spiro atoms. The van der Waals surface area contributed by atoms with Gasteiger partial charge in [0.05, 0.1) is 95.0 Å². The molecule has 18 rings (SSSR count). The molecule has 1 aliphatic carbocycles. The van der Waals surface area contributed by atoms with Crippen molar-refractivity contribution in [3.63, 3.8) is 0 Å². The Morgan fingerprint density at radius 2 is 0.740 bits per heavy atom. The average molecular weight is 2290 g/mol. The van der Waals surface area contributed by atoms with E-state index in [4.69, 9.17) is 13.6 Å². The van der Waals surface area contributed by atoms with Crippen molar-refractivity contribution in [1.29, 1.82) is 0 Å². The normalized spacial score (nSPS) is 17.8. The van der Waals surface area contributed by atoms with Gasteiger partial charge < -0.3 is 60.2 Å². The number of halogens is 1. The van der Waals surface area contributed by atoms with E-state index >= 15 is 0 Å². The van der Waals surface area contributed by atoms with E-state index in [2.05, 4.69) is 95.5 Å². The van der Waals surface area contributed by atoms with Gasteiger partial charge in [-0.1, -0.05) is 86.9 Å². The lowest BCUT2D eigenvalue weighted by Gasteiger charge is -2.25. The molecule has 1 saturated carbocycles. The van der Waals surface area contributed by atoms with Crippen LogP contribution in [0.25, 0.3) is 42.3 Å². The summed E-state index contributed by atoms with van der Waals surface area (Å²) in [5.41, 5.74) is -0.281. The van der Waals surface area contributed by atoms with Gasteiger partial charge >= 0.3 is 30.1 Å². The molecule has 8 aromatic heterocycles. The number of thiophene rings is 4. The van der Waals surface area contributed by atoms with E-state index < -0.39 is 110 Å². The molecule has 5 aliphatic rings. The maximum absolute atomic E-state index is 13.8. The molecule has 770 valence electrons. The quantitative estimate of drug-likeness (QED) is 0.0203. The van der Waals surface area contributed by atoms with Crippen LogP contribution in [0.2, 0.25) is 0 Å². The Bertz CT molecular complexity index is 8470. The predicted octanol–water partition coefficient (Wildman–Crippen LogP) is 13.6. The van der Waals surface area contributed by atoms with Crippen molar-refractivity contribution < 1.29 is 90.8 Å². The minimum atomic E-state index is -4.49. The van der Waals surface area contributed by atoms with Crippen molar-refractivity contribution in [3.05, 3.63) is 241 Å². The number of hydrogen-bond donors (Lipinski definition) is 13. The Balaban J connectivity index is 0.000000146. The van der Waals surface area contributed by atoms with Crippen LogP contribution >= 0.6 is 91.4 Å². The third-order valence-corrected chi connectivity index (χ3v) is 35.6. The van der Waals surface area contributed by atoms with Crippen LogP contribution in [0.3, 0.4) is 0 Å². The fourth-order valence-electron chi connectivity index (χ4n) is 15.0. The van der Waals surface area contributed by atoms with Gasteiger partial charge in [0, 0.05) is 68.2 Å². The SMILES string of the molecule is COP1(=O)N=C(c2c(O)c(-c3cccs3)nn(CC3CC3)c2=O)Nc2ccc(NS(C)(=O)=O)cc21.COP1(=O)N=C(c2c(O)c(-c3cccs3)nn(CCC(C)(C)C)c2=O)Nc2ccc(NS(C)(=O)=O)cc21.COP1(=O)N=C(c2c(O)c(-c3cccs3)nn(CCC(C)C)c2=O)Nc2ccc(NS(C)(=O)=O)cc21.CS(=O)(=O)Nc1ccc2c(c1)P(=O)(O)N=C(c1c(O)c(-c3cccs3)nn(Cc3cccc(Br)c3)c1=O)N2. The molecule has 13 N–H and O–H groups in total. The second-order valence-electron chi connectivity index (χ2n) is 35.1. The summed E-state index contributed by atoms with van der Waals surface area (Å²) < 4.78 is 195. The van der Waals surface area contributed by atoms with E-state index in [9.17, 15) is 96.4 Å². The van der Waals surface area contributed by atoms with Crippen molar-refractivity contribution >= 4 is 222 Å². The highest BCUT2D eigenvalue weighted by molar-refractivity contribution is 9.10. The molecular formula is C89H95BrN20O24P4S8. The highest BCUT2D eigenvalue weighted by Crippen LogP contribution is 2.56. The zero-order valence-corrected chi connectivity index (χ0v) is 91.0. The molecular weight excluding hydrogens is 2190 g/mol. The molecule has 44 nitrogen and oxygen atoms in total. The number of hydrogen-bond acceptors (Lipinski definition) is 35. The molecule has 13 aromatic rings. The fraction of sp³-hybridized carbons (Fsp3) is 0.258. The summed E-state index contributed by atoms with van der Waals surface area (Å²) in [6, 6.07) is 38.5. The number of aryl methyl sites for hydroxylation is 2. The minimum absolute atomic E-state index is 0.0606. The van der Waals surface area contributed by atoms with Gasteiger partial charge in [-0.15, -0.1) is 45.3 Å². The van der Waals surface area contributed by atoms with Crippen molar-refractivity contribution in [2.24, 2.45) is 36.3 Å². The Hall–Kier alpha value is -12.3. The van der Waals surface area contributed by atoms with E-state index in [1.165, 1.54) is 154 Å². The van der Waals surface area contributed by atoms with E-state index in [0.29, 0.717) is 80.9 Å². The maximum atomic E-state index is 13.8. The number of amidine groups is 4. The summed E-state index contributed by atoms with van der Waals surface area (Å²) in [5, 5.41) is 81.6. The number of aromatic nitrogens is 8. The molecule has 57 heteroatoms. The van der Waals surface area contributed by atoms with Gasteiger partial charge in [-0.2, -0.15) is 39.4 Å². The van der Waals surface area contributed by atoms with Gasteiger partial charge in [0.2, 0.25) is 40.1 Å². The molecule has 0 radical (unpaired) electrons. The third kappa shape index (κ3) is 24.9. The number of sulfonamides is 4. The van der Waals surface area contributed by atoms with E-state index in [0.717, 1.165) is 52.6 Å². The summed E-state index contributed by atoms with van der Waals surface area (Å²) in [5.74, 6) is -1.69. The molecule has 0 saturated heterocycles. The standard InChI is InChI=1S/C23H19BrN5O6PS2.C23H28N5O6PS2.C22H26N5O6PS2.C21H22N5O6PS2/c1-38(34,35)28-15-7-8-16-17(11-15)36(32,33)27-22(25-16)19-21(30)20(18-6-3-9-37-18)26-29(23(19)31)12-13-4-2-5-14(24)10-13;1-23(2,3)10-11-28-22(30)18(20(29)19(25-28)17-7-6-12-36-17)21-24-15-9-8-14(27-37(5,32)33)13-16(15)35(31,26-21)34-4;1-13(2)9-10-27-22(29)18(20(28)19(24-27)17-6-5-11-35-17)21-23-15-8-7-14(26-36(4,31)32)12-16(15)34(30,25-21)33-3;1-32-33(29)15-10-13(25-35(2,30)31)7-8-14(15)22-20(24-33)17-19(27)18(16-4-3-9-34-16)23-26(21(17)28)11-12-5-6-12/h2-11,28,30H,12H2,1H3,(H2,25,27,32,33);6-9,12-13,27,29H,10-11H2,1-5H3,(H,24,26,31);5-8,11-13,26,28H,9-10H2,1-4H3,(H,23,25,30);3-4,7-10,12,25,27H,5-6,11H2,1-2H3,(H,22,24,29). The molecule has 146 heavy (non-hydrogen) atoms. The summed E-state index contributed by atoms with van der Waals surface area (Å²) in [7, 11) is -27.0. The van der Waals surface area contributed by atoms with Crippen molar-refractivity contribution in [1.82, 2.24) is 39.1 Å². The van der Waals surface area contributed by atoms with Crippen LogP contribution in [0, 0.1) is 17.3 Å². The van der Waals surface area contributed by atoms with Crippen LogP contribution in [0.4, 0.5) is 45.5 Å². The van der Waals surface area contributed by atoms with Crippen molar-refractivity contribution in [2.75, 3.05) is 86.5 Å². The van der Waals surface area contributed by atoms with E-state index in [1.54, 1.807) is 47.8 Å². The lowest BCUT2D eigenvalue weighted by atomic mass is 9.92. The van der Waals surface area contributed by atoms with Crippen LogP contribution in [-0.2, 0) is 98.1 Å². The highest BCUT2D eigenvalue weighted by Gasteiger charge is 2.42. The van der Waals surface area contributed by atoms with Gasteiger partial charge in [0.25, 0.3) is 22.2 Å². The molecule has 1 fully saturated rings. The molecule has 12 heterocycles. The Labute approximate surface area is 860 Å². The van der Waals surface area contributed by atoms with Crippen molar-refractivity contribution in [3.8, 4) is 65.3 Å². The van der Waals surface area contributed by atoms with Gasteiger partial charge in [-0.3, -0.25) is 56.3 Å². The topological polar surface area (TPSA) is 619 Å². The van der Waals surface area contributed by atoms with Crippen molar-refractivity contribution in [2.45, 2.75) is 86.5 Å². The molecule has 4 atom stereocenters. The number of rotatable bonds is 28. The zero-order chi connectivity index (χ0) is 106. The van der Waals surface area contributed by atoms with Gasteiger partial charge in [-0.05, 0) is 179 Å². The number of fused-ring (bicyclic) bond motifs is 4. The van der Waals surface area contributed by atoms with E-state index in [1.807, 2.05) is 81.1 Å². The third-order valence-electron chi connectivity index (χ3n) is 21.9. The fourth-order valence-corrected chi connectivity index (χ4v) is 26.4. The molecule has 4 unspecified atom stereocenters. The Kier molecular flexibility index (Phi) is 31.4. The highest BCUT2D eigenvalue weighted by atomic mass is 79.9. The van der Waals surface area contributed by atoms with Crippen LogP contribution in [-0.4, -0.2) is 168 Å². The van der Waals surface area contributed by atoms with Crippen LogP contribution in [0.15, 0.2) is 210 Å². The molecule has 0 amide bonds. The van der Waals surface area contributed by atoms with Gasteiger partial charge in [0.15, 0.2) is 46.3 Å². The summed E-state index contributed by atoms with van der Waals surface area (Å²) in [4.78, 5) is 67.4. The maximum Gasteiger partial charge on any atom is 0.348 e. The second kappa shape index (κ2) is 42.5. The first-order valence-electron chi connectivity index (χ1n) is 43.7. The molecule has 0 bridgehead atoms. The number of benzene rings is 5. The summed E-state index contributed by atoms with van der Waals surface area (Å²) in [6.07, 6.45) is 7.26. The van der Waals surface area contributed by atoms with Crippen LogP contribution in [0.5, 0.6) is 23.0 Å². The predicted molar refractivity (Wildman–Crippen MR) is 576 cm³/mol. The molecule has 4 aliphatic heterocycles. The first-order valence-corrected chi connectivity index (χ1v) is 61.9. The monoisotopic (exact) mass is 2290 g/mol. The number of nitrogens with zero attached hydrogens (tertiary/aromatic N) is 12. The zero-order valence-electron chi connectivity index (χ0n) is 79.3. The second-order valence-corrected chi connectivity index (χ2v) is 54.9. The first-order chi connectivity index (χ1) is 68.6. The van der Waals surface area contributed by atoms with Gasteiger partial charge in [0.1, 0.15) is 45.0 Å². The lowest BCUT2D eigenvalue weighted by molar-refractivity contribution is 0.335. The Morgan fingerprint density at radius 3 is 1.05 bits per heavy atom. The van der Waals surface area contributed by atoms with Gasteiger partial charge in [-0.25, -0.2) is 52.4 Å². The summed E-state index contributed by atoms with van der Waals surface area (Å²) in [6.45, 7) is 11.3. The minimum Gasteiger partial charge on any atom is -0.505 e. The van der Waals surface area contributed by atoms with Crippen LogP contribution in [0.1, 0.15) is 88.1 Å². The number of nitrogens with one attached hydrogen (secondary N) is 8. The van der Waals surface area contributed by atoms with Crippen LogP contribution < -0.4 is 83.6 Å². The Morgan fingerprint density at radius 1 is 0.432 bits per heavy atom. The first kappa shape index (κ1) is 108. The molecule has 5 aromatic carbocycles. The summed E-state index contributed by atoms with van der Waals surface area (Å²) >= 11 is 8.76. The number of anilines is 8.